The van der Waals surface area contributed by atoms with Gasteiger partial charge in [-0.05, 0) is 70.2 Å². The van der Waals surface area contributed by atoms with Crippen LogP contribution in [0.2, 0.25) is 0 Å². The number of hydrazine groups is 1. The summed E-state index contributed by atoms with van der Waals surface area (Å²) >= 11 is 1.38. The van der Waals surface area contributed by atoms with Crippen molar-refractivity contribution in [1.29, 1.82) is 0 Å². The molecule has 4 rings (SSSR count). The molecule has 4 aromatic rings. The zero-order chi connectivity index (χ0) is 25.1. The smallest absolute Gasteiger partial charge is 0.272 e. The van der Waals surface area contributed by atoms with E-state index in [9.17, 15) is 14.0 Å². The first-order valence-corrected chi connectivity index (χ1v) is 11.8. The molecule has 8 nitrogen and oxygen atoms in total. The standard InChI is InChI=1S/C25H24FN5O3S/c1-14-12-21(16(3)31(14)19-9-7-18(26)8-10-19)24(33)29-28-23(32)20-6-5-11-27-25(20)35-13-22-15(2)30-34-17(22)4/h5-12H,13H2,1-4H3,(H,28,32)(H,29,33). The number of carbonyl (C=O) groups excluding carboxylic acids is 2. The van der Waals surface area contributed by atoms with E-state index in [4.69, 9.17) is 4.52 Å². The Hall–Kier alpha value is -3.92. The van der Waals surface area contributed by atoms with Crippen LogP contribution in [0.3, 0.4) is 0 Å². The maximum Gasteiger partial charge on any atom is 0.272 e. The van der Waals surface area contributed by atoms with Gasteiger partial charge in [0.1, 0.15) is 16.6 Å². The van der Waals surface area contributed by atoms with Gasteiger partial charge in [-0.25, -0.2) is 9.37 Å². The summed E-state index contributed by atoms with van der Waals surface area (Å²) in [5.41, 5.74) is 9.64. The average molecular weight is 494 g/mol. The number of aryl methyl sites for hydroxylation is 3. The molecule has 180 valence electrons. The van der Waals surface area contributed by atoms with Gasteiger partial charge in [-0.3, -0.25) is 20.4 Å². The summed E-state index contributed by atoms with van der Waals surface area (Å²) < 4.78 is 20.4. The van der Waals surface area contributed by atoms with E-state index in [-0.39, 0.29) is 5.82 Å². The zero-order valence-corrected chi connectivity index (χ0v) is 20.5. The van der Waals surface area contributed by atoms with Gasteiger partial charge in [-0.1, -0.05) is 5.16 Å². The predicted octanol–water partition coefficient (Wildman–Crippen LogP) is 4.60. The van der Waals surface area contributed by atoms with Crippen LogP contribution in [0.1, 0.15) is 49.1 Å². The summed E-state index contributed by atoms with van der Waals surface area (Å²) in [6.45, 7) is 7.34. The Morgan fingerprint density at radius 3 is 2.37 bits per heavy atom. The number of rotatable bonds is 6. The van der Waals surface area contributed by atoms with Crippen LogP contribution in [0.5, 0.6) is 0 Å². The summed E-state index contributed by atoms with van der Waals surface area (Å²) in [6.07, 6.45) is 1.61. The molecule has 0 spiro atoms. The molecule has 1 aromatic carbocycles. The highest BCUT2D eigenvalue weighted by Gasteiger charge is 2.19. The quantitative estimate of drug-likeness (QED) is 0.301. The molecule has 0 bridgehead atoms. The van der Waals surface area contributed by atoms with E-state index in [2.05, 4.69) is 21.0 Å². The van der Waals surface area contributed by atoms with Crippen LogP contribution >= 0.6 is 11.8 Å². The van der Waals surface area contributed by atoms with E-state index in [1.807, 2.05) is 25.3 Å². The van der Waals surface area contributed by atoms with Crippen molar-refractivity contribution in [3.63, 3.8) is 0 Å². The third-order valence-electron chi connectivity index (χ3n) is 5.60. The van der Waals surface area contributed by atoms with E-state index >= 15 is 0 Å². The van der Waals surface area contributed by atoms with E-state index in [0.29, 0.717) is 27.6 Å². The van der Waals surface area contributed by atoms with Crippen molar-refractivity contribution in [3.8, 4) is 5.69 Å². The predicted molar refractivity (Wildman–Crippen MR) is 130 cm³/mol. The van der Waals surface area contributed by atoms with Gasteiger partial charge in [0.15, 0.2) is 0 Å². The van der Waals surface area contributed by atoms with E-state index in [0.717, 1.165) is 28.4 Å². The Kier molecular flexibility index (Phi) is 7.02. The summed E-state index contributed by atoms with van der Waals surface area (Å²) in [5.74, 6) is -0.0205. The Labute approximate surface area is 205 Å². The first-order valence-electron chi connectivity index (χ1n) is 10.8. The summed E-state index contributed by atoms with van der Waals surface area (Å²) in [6, 6.07) is 11.0. The normalized spacial score (nSPS) is 10.9. The van der Waals surface area contributed by atoms with Crippen molar-refractivity contribution in [2.45, 2.75) is 38.5 Å². The number of aromatic nitrogens is 3. The molecule has 10 heteroatoms. The van der Waals surface area contributed by atoms with Gasteiger partial charge in [-0.2, -0.15) is 0 Å². The molecule has 0 unspecified atom stereocenters. The molecule has 0 saturated carbocycles. The van der Waals surface area contributed by atoms with Crippen LogP contribution in [0.25, 0.3) is 5.69 Å². The lowest BCUT2D eigenvalue weighted by Crippen LogP contribution is -2.42. The molecule has 35 heavy (non-hydrogen) atoms. The lowest BCUT2D eigenvalue weighted by atomic mass is 10.2. The Balaban J connectivity index is 1.45. The molecule has 0 aliphatic rings. The van der Waals surface area contributed by atoms with Crippen LogP contribution in [0.4, 0.5) is 4.39 Å². The number of nitrogens with zero attached hydrogens (tertiary/aromatic N) is 3. The molecule has 2 amide bonds. The second-order valence-electron chi connectivity index (χ2n) is 7.95. The number of benzene rings is 1. The van der Waals surface area contributed by atoms with Crippen LogP contribution < -0.4 is 10.9 Å². The highest BCUT2D eigenvalue weighted by Crippen LogP contribution is 2.27. The summed E-state index contributed by atoms with van der Waals surface area (Å²) in [4.78, 5) is 30.0. The van der Waals surface area contributed by atoms with Gasteiger partial charge in [0.05, 0.1) is 16.8 Å². The minimum atomic E-state index is -0.486. The van der Waals surface area contributed by atoms with Crippen LogP contribution in [-0.4, -0.2) is 26.5 Å². The molecular formula is C25H24FN5O3S. The fourth-order valence-corrected chi connectivity index (χ4v) is 4.90. The van der Waals surface area contributed by atoms with Crippen molar-refractivity contribution in [2.75, 3.05) is 0 Å². The molecule has 0 radical (unpaired) electrons. The minimum Gasteiger partial charge on any atom is -0.361 e. The van der Waals surface area contributed by atoms with E-state index in [1.165, 1.54) is 23.9 Å². The zero-order valence-electron chi connectivity index (χ0n) is 19.7. The Morgan fingerprint density at radius 2 is 1.71 bits per heavy atom. The van der Waals surface area contributed by atoms with Crippen molar-refractivity contribution in [1.82, 2.24) is 25.6 Å². The second-order valence-corrected chi connectivity index (χ2v) is 8.92. The van der Waals surface area contributed by atoms with E-state index < -0.39 is 11.8 Å². The number of nitrogens with one attached hydrogen (secondary N) is 2. The molecule has 3 heterocycles. The SMILES string of the molecule is Cc1noc(C)c1CSc1ncccc1C(=O)NNC(=O)c1cc(C)n(-c2ccc(F)cc2)c1C. The molecular weight excluding hydrogens is 469 g/mol. The van der Waals surface area contributed by atoms with Gasteiger partial charge in [0, 0.05) is 34.6 Å². The van der Waals surface area contributed by atoms with Crippen molar-refractivity contribution >= 4 is 23.6 Å². The molecule has 2 N–H and O–H groups in total. The molecule has 3 aromatic heterocycles. The van der Waals surface area contributed by atoms with Gasteiger partial charge < -0.3 is 9.09 Å². The minimum absolute atomic E-state index is 0.335. The van der Waals surface area contributed by atoms with Gasteiger partial charge >= 0.3 is 0 Å². The van der Waals surface area contributed by atoms with Crippen molar-refractivity contribution in [2.24, 2.45) is 0 Å². The van der Waals surface area contributed by atoms with Gasteiger partial charge in [-0.15, -0.1) is 11.8 Å². The van der Waals surface area contributed by atoms with E-state index in [1.54, 1.807) is 43.5 Å². The van der Waals surface area contributed by atoms with Crippen molar-refractivity contribution < 1.29 is 18.5 Å². The number of halogens is 1. The largest absolute Gasteiger partial charge is 0.361 e. The third kappa shape index (κ3) is 5.12. The number of amides is 2. The number of pyridine rings is 1. The number of hydrogen-bond acceptors (Lipinski definition) is 6. The fourth-order valence-electron chi connectivity index (χ4n) is 3.76. The first-order chi connectivity index (χ1) is 16.8. The third-order valence-corrected chi connectivity index (χ3v) is 6.63. The van der Waals surface area contributed by atoms with Crippen LogP contribution in [-0.2, 0) is 5.75 Å². The first kappa shape index (κ1) is 24.2. The van der Waals surface area contributed by atoms with Gasteiger partial charge in [0.25, 0.3) is 11.8 Å². The Bertz CT molecular complexity index is 1380. The average Bonchev–Trinajstić information content (AvgIpc) is 3.33. The highest BCUT2D eigenvalue weighted by molar-refractivity contribution is 7.98. The molecule has 0 atom stereocenters. The lowest BCUT2D eigenvalue weighted by molar-refractivity contribution is 0.0844. The van der Waals surface area contributed by atoms with Gasteiger partial charge in [0.2, 0.25) is 0 Å². The molecule has 0 aliphatic carbocycles. The summed E-state index contributed by atoms with van der Waals surface area (Å²) in [5, 5.41) is 4.47. The van der Waals surface area contributed by atoms with Crippen LogP contribution in [0, 0.1) is 33.5 Å². The van der Waals surface area contributed by atoms with Crippen LogP contribution in [0.15, 0.2) is 58.2 Å². The molecule has 0 aliphatic heterocycles. The maximum absolute atomic E-state index is 13.3. The monoisotopic (exact) mass is 493 g/mol. The highest BCUT2D eigenvalue weighted by atomic mass is 32.2. The number of carbonyl (C=O) groups is 2. The topological polar surface area (TPSA) is 102 Å². The molecule has 0 saturated heterocycles. The summed E-state index contributed by atoms with van der Waals surface area (Å²) in [7, 11) is 0. The number of thioether (sulfide) groups is 1. The Morgan fingerprint density at radius 1 is 1.03 bits per heavy atom. The van der Waals surface area contributed by atoms with Crippen molar-refractivity contribution in [3.05, 3.63) is 94.0 Å². The fraction of sp³-hybridized carbons (Fsp3) is 0.200. The lowest BCUT2D eigenvalue weighted by Gasteiger charge is -2.11. The number of hydrogen-bond donors (Lipinski definition) is 2. The molecule has 0 fully saturated rings. The second kappa shape index (κ2) is 10.1. The maximum atomic E-state index is 13.3.